The minimum atomic E-state index is -0.772. The summed E-state index contributed by atoms with van der Waals surface area (Å²) >= 11 is 0. The highest BCUT2D eigenvalue weighted by Crippen LogP contribution is 2.16. The van der Waals surface area contributed by atoms with Gasteiger partial charge in [-0.2, -0.15) is 0 Å². The molecule has 0 aliphatic rings. The molecular formula is C17H26FN3O3. The van der Waals surface area contributed by atoms with Gasteiger partial charge >= 0.3 is 6.03 Å². The van der Waals surface area contributed by atoms with Crippen molar-refractivity contribution < 1.29 is 19.1 Å². The van der Waals surface area contributed by atoms with Crippen molar-refractivity contribution >= 4 is 11.9 Å². The van der Waals surface area contributed by atoms with Crippen molar-refractivity contribution in [2.24, 2.45) is 5.92 Å². The number of nitrogens with zero attached hydrogens (tertiary/aromatic N) is 1. The lowest BCUT2D eigenvalue weighted by Crippen LogP contribution is -2.40. The Morgan fingerprint density at radius 2 is 1.83 bits per heavy atom. The molecule has 0 spiro atoms. The minimum Gasteiger partial charge on any atom is -0.387 e. The fraction of sp³-hybridized carbons (Fsp3) is 0.529. The van der Waals surface area contributed by atoms with E-state index in [0.717, 1.165) is 0 Å². The molecule has 0 fully saturated rings. The number of hydrogen-bond donors (Lipinski definition) is 3. The fourth-order valence-electron chi connectivity index (χ4n) is 2.32. The number of rotatable bonds is 8. The summed E-state index contributed by atoms with van der Waals surface area (Å²) in [7, 11) is 1.44. The number of carbonyl (C=O) groups excluding carboxylic acids is 2. The molecule has 0 unspecified atom stereocenters. The molecular weight excluding hydrogens is 313 g/mol. The Kier molecular flexibility index (Phi) is 8.35. The van der Waals surface area contributed by atoms with Gasteiger partial charge in [0.25, 0.3) is 0 Å². The van der Waals surface area contributed by atoms with E-state index in [0.29, 0.717) is 31.1 Å². The number of halogens is 1. The first-order chi connectivity index (χ1) is 11.3. The molecule has 1 aromatic rings. The number of nitrogens with one attached hydrogen (secondary N) is 2. The Labute approximate surface area is 142 Å². The monoisotopic (exact) mass is 339 g/mol. The van der Waals surface area contributed by atoms with Crippen molar-refractivity contribution in [3.63, 3.8) is 0 Å². The Hall–Kier alpha value is -1.99. The van der Waals surface area contributed by atoms with Gasteiger partial charge in [-0.05, 0) is 23.6 Å². The Bertz CT molecular complexity index is 534. The zero-order valence-electron chi connectivity index (χ0n) is 14.4. The van der Waals surface area contributed by atoms with Crippen LogP contribution in [0.3, 0.4) is 0 Å². The molecule has 0 aliphatic carbocycles. The van der Waals surface area contributed by atoms with Crippen LogP contribution in [0.5, 0.6) is 0 Å². The number of aliphatic hydroxyl groups is 1. The third kappa shape index (κ3) is 7.52. The van der Waals surface area contributed by atoms with Crippen molar-refractivity contribution in [1.82, 2.24) is 15.5 Å². The Balaban J connectivity index is 2.59. The number of carbonyl (C=O) groups is 2. The number of urea groups is 1. The largest absolute Gasteiger partial charge is 0.387 e. The predicted octanol–water partition coefficient (Wildman–Crippen LogP) is 1.66. The standard InChI is InChI=1S/C17H26FN3O3/c1-12(2)10-21(9-8-16(23)20-17(24)19-3)11-15(22)13-4-6-14(18)7-5-13/h4-7,12,15,22H,8-11H2,1-3H3,(H2,19,20,23,24)/t15-/m1/s1. The summed E-state index contributed by atoms with van der Waals surface area (Å²) in [6.45, 7) is 5.53. The van der Waals surface area contributed by atoms with Gasteiger partial charge in [-0.25, -0.2) is 9.18 Å². The van der Waals surface area contributed by atoms with E-state index in [1.807, 2.05) is 18.7 Å². The molecule has 0 saturated heterocycles. The van der Waals surface area contributed by atoms with Gasteiger partial charge in [0.15, 0.2) is 0 Å². The molecule has 0 saturated carbocycles. The SMILES string of the molecule is CNC(=O)NC(=O)CCN(CC(C)C)C[C@@H](O)c1ccc(F)cc1. The lowest BCUT2D eigenvalue weighted by Gasteiger charge is -2.26. The van der Waals surface area contributed by atoms with Crippen LogP contribution in [0.4, 0.5) is 9.18 Å². The van der Waals surface area contributed by atoms with Crippen LogP contribution in [0.2, 0.25) is 0 Å². The first kappa shape index (κ1) is 20.1. The van der Waals surface area contributed by atoms with Gasteiger partial charge < -0.3 is 10.4 Å². The number of aliphatic hydroxyl groups excluding tert-OH is 1. The van der Waals surface area contributed by atoms with E-state index in [4.69, 9.17) is 0 Å². The van der Waals surface area contributed by atoms with Crippen LogP contribution in [0, 0.1) is 11.7 Å². The minimum absolute atomic E-state index is 0.149. The molecule has 6 nitrogen and oxygen atoms in total. The van der Waals surface area contributed by atoms with E-state index in [-0.39, 0.29) is 18.1 Å². The van der Waals surface area contributed by atoms with E-state index < -0.39 is 12.1 Å². The first-order valence-corrected chi connectivity index (χ1v) is 7.99. The maximum Gasteiger partial charge on any atom is 0.321 e. The average Bonchev–Trinajstić information content (AvgIpc) is 2.52. The van der Waals surface area contributed by atoms with Gasteiger partial charge in [-0.15, -0.1) is 0 Å². The average molecular weight is 339 g/mol. The summed E-state index contributed by atoms with van der Waals surface area (Å²) in [4.78, 5) is 24.8. The molecule has 0 bridgehead atoms. The van der Waals surface area contributed by atoms with E-state index in [9.17, 15) is 19.1 Å². The molecule has 3 amide bonds. The molecule has 134 valence electrons. The highest BCUT2D eigenvalue weighted by atomic mass is 19.1. The number of benzene rings is 1. The second kappa shape index (κ2) is 10.00. The van der Waals surface area contributed by atoms with Crippen molar-refractivity contribution in [2.45, 2.75) is 26.4 Å². The van der Waals surface area contributed by atoms with Gasteiger partial charge in [-0.3, -0.25) is 15.0 Å². The molecule has 24 heavy (non-hydrogen) atoms. The highest BCUT2D eigenvalue weighted by Gasteiger charge is 2.16. The molecule has 0 aliphatic heterocycles. The summed E-state index contributed by atoms with van der Waals surface area (Å²) in [6.07, 6.45) is -0.623. The van der Waals surface area contributed by atoms with E-state index in [1.54, 1.807) is 12.1 Å². The van der Waals surface area contributed by atoms with Crippen LogP contribution in [-0.4, -0.2) is 48.6 Å². The molecule has 0 aromatic heterocycles. The normalized spacial score (nSPS) is 12.3. The van der Waals surface area contributed by atoms with Gasteiger partial charge in [0.2, 0.25) is 5.91 Å². The molecule has 1 aromatic carbocycles. The summed E-state index contributed by atoms with van der Waals surface area (Å²) in [5.74, 6) is -0.373. The second-order valence-electron chi connectivity index (χ2n) is 6.10. The summed E-state index contributed by atoms with van der Waals surface area (Å²) in [6, 6.07) is 5.17. The summed E-state index contributed by atoms with van der Waals surface area (Å²) in [5.41, 5.74) is 0.625. The summed E-state index contributed by atoms with van der Waals surface area (Å²) < 4.78 is 13.0. The van der Waals surface area contributed by atoms with E-state index >= 15 is 0 Å². The van der Waals surface area contributed by atoms with Gasteiger partial charge in [0.1, 0.15) is 5.82 Å². The number of amides is 3. The second-order valence-corrected chi connectivity index (χ2v) is 6.10. The molecule has 1 atom stereocenters. The van der Waals surface area contributed by atoms with Crippen LogP contribution < -0.4 is 10.6 Å². The lowest BCUT2D eigenvalue weighted by molar-refractivity contribution is -0.120. The third-order valence-corrected chi connectivity index (χ3v) is 3.44. The van der Waals surface area contributed by atoms with Crippen molar-refractivity contribution in [3.8, 4) is 0 Å². The van der Waals surface area contributed by atoms with Crippen LogP contribution in [0.15, 0.2) is 24.3 Å². The Morgan fingerprint density at radius 1 is 1.21 bits per heavy atom. The van der Waals surface area contributed by atoms with Crippen molar-refractivity contribution in [2.75, 3.05) is 26.7 Å². The quantitative estimate of drug-likeness (QED) is 0.673. The van der Waals surface area contributed by atoms with Crippen LogP contribution in [-0.2, 0) is 4.79 Å². The molecule has 3 N–H and O–H groups in total. The Morgan fingerprint density at radius 3 is 2.38 bits per heavy atom. The topological polar surface area (TPSA) is 81.7 Å². The van der Waals surface area contributed by atoms with Gasteiger partial charge in [-0.1, -0.05) is 26.0 Å². The molecule has 1 rings (SSSR count). The van der Waals surface area contributed by atoms with Crippen LogP contribution >= 0.6 is 0 Å². The molecule has 0 radical (unpaired) electrons. The van der Waals surface area contributed by atoms with Gasteiger partial charge in [0, 0.05) is 33.1 Å². The smallest absolute Gasteiger partial charge is 0.321 e. The molecule has 0 heterocycles. The summed E-state index contributed by atoms with van der Waals surface area (Å²) in [5, 5.41) is 14.8. The maximum absolute atomic E-state index is 13.0. The highest BCUT2D eigenvalue weighted by molar-refractivity contribution is 5.94. The third-order valence-electron chi connectivity index (χ3n) is 3.44. The zero-order valence-corrected chi connectivity index (χ0v) is 14.4. The molecule has 7 heteroatoms. The predicted molar refractivity (Wildman–Crippen MR) is 89.9 cm³/mol. The maximum atomic E-state index is 13.0. The van der Waals surface area contributed by atoms with Crippen LogP contribution in [0.25, 0.3) is 0 Å². The van der Waals surface area contributed by atoms with E-state index in [2.05, 4.69) is 10.6 Å². The van der Waals surface area contributed by atoms with Gasteiger partial charge in [0.05, 0.1) is 6.10 Å². The van der Waals surface area contributed by atoms with Crippen LogP contribution in [0.1, 0.15) is 31.9 Å². The number of hydrogen-bond acceptors (Lipinski definition) is 4. The fourth-order valence-corrected chi connectivity index (χ4v) is 2.32. The lowest BCUT2D eigenvalue weighted by atomic mass is 10.1. The van der Waals surface area contributed by atoms with E-state index in [1.165, 1.54) is 19.2 Å². The van der Waals surface area contributed by atoms with Crippen molar-refractivity contribution in [3.05, 3.63) is 35.6 Å². The first-order valence-electron chi connectivity index (χ1n) is 7.99. The van der Waals surface area contributed by atoms with Crippen molar-refractivity contribution in [1.29, 1.82) is 0 Å². The number of imide groups is 1. The zero-order chi connectivity index (χ0) is 18.1.